The van der Waals surface area contributed by atoms with Crippen LogP contribution in [-0.2, 0) is 11.2 Å². The fourth-order valence-electron chi connectivity index (χ4n) is 4.04. The second kappa shape index (κ2) is 10.1. The quantitative estimate of drug-likeness (QED) is 0.603. The molecule has 33 heavy (non-hydrogen) atoms. The Hall–Kier alpha value is -3.94. The molecule has 3 aromatic rings. The first-order valence-electron chi connectivity index (χ1n) is 10.9. The van der Waals surface area contributed by atoms with E-state index in [1.54, 1.807) is 31.5 Å². The van der Waals surface area contributed by atoms with Gasteiger partial charge >= 0.3 is 0 Å². The Balaban J connectivity index is 1.36. The van der Waals surface area contributed by atoms with Crippen molar-refractivity contribution in [3.63, 3.8) is 0 Å². The summed E-state index contributed by atoms with van der Waals surface area (Å²) in [5, 5.41) is 2.82. The average Bonchev–Trinajstić information content (AvgIpc) is 2.85. The van der Waals surface area contributed by atoms with Crippen molar-refractivity contribution in [1.29, 1.82) is 0 Å². The molecule has 2 amide bonds. The second-order valence-electron chi connectivity index (χ2n) is 7.98. The van der Waals surface area contributed by atoms with E-state index in [0.717, 1.165) is 24.2 Å². The van der Waals surface area contributed by atoms with E-state index in [1.165, 1.54) is 0 Å². The summed E-state index contributed by atoms with van der Waals surface area (Å²) in [6.45, 7) is 1.32. The number of aromatic nitrogens is 2. The number of methoxy groups -OCH3 is 1. The number of nitrogens with one attached hydrogen (secondary N) is 1. The zero-order valence-electron chi connectivity index (χ0n) is 18.5. The number of carbonyl (C=O) groups excluding carboxylic acids is 2. The van der Waals surface area contributed by atoms with Crippen LogP contribution in [0.4, 0.5) is 11.5 Å². The predicted molar refractivity (Wildman–Crippen MR) is 126 cm³/mol. The fraction of sp³-hybridized carbons (Fsp3) is 0.280. The van der Waals surface area contributed by atoms with Gasteiger partial charge in [0.25, 0.3) is 5.91 Å². The highest BCUT2D eigenvalue weighted by Crippen LogP contribution is 2.29. The van der Waals surface area contributed by atoms with Gasteiger partial charge in [0, 0.05) is 36.6 Å². The number of nitrogen functional groups attached to an aromatic ring is 1. The molecule has 0 radical (unpaired) electrons. The first-order valence-corrected chi connectivity index (χ1v) is 10.9. The highest BCUT2D eigenvalue weighted by molar-refractivity contribution is 6.07. The number of nitrogens with two attached hydrogens (primary N) is 1. The monoisotopic (exact) mass is 445 g/mol. The van der Waals surface area contributed by atoms with Crippen LogP contribution in [0.1, 0.15) is 40.5 Å². The van der Waals surface area contributed by atoms with E-state index >= 15 is 0 Å². The predicted octanol–water partition coefficient (Wildman–Crippen LogP) is 3.27. The summed E-state index contributed by atoms with van der Waals surface area (Å²) >= 11 is 0. The molecule has 170 valence electrons. The number of pyridine rings is 2. The molecule has 0 unspecified atom stereocenters. The van der Waals surface area contributed by atoms with Gasteiger partial charge in [0.05, 0.1) is 24.8 Å². The SMILES string of the molecule is COc1ccccc1NC(=O)c1ccc(C2CCN(C(=O)Cc3ccccn3)CC2)nc1N. The maximum absolute atomic E-state index is 12.7. The van der Waals surface area contributed by atoms with Gasteiger partial charge < -0.3 is 20.7 Å². The summed E-state index contributed by atoms with van der Waals surface area (Å²) in [5.41, 5.74) is 8.64. The van der Waals surface area contributed by atoms with Crippen LogP contribution in [0, 0.1) is 0 Å². The van der Waals surface area contributed by atoms with Crippen LogP contribution >= 0.6 is 0 Å². The topological polar surface area (TPSA) is 110 Å². The largest absolute Gasteiger partial charge is 0.495 e. The number of benzene rings is 1. The molecule has 1 saturated heterocycles. The minimum Gasteiger partial charge on any atom is -0.495 e. The molecule has 1 aliphatic rings. The number of piperidine rings is 1. The van der Waals surface area contributed by atoms with Gasteiger partial charge in [0.1, 0.15) is 11.6 Å². The molecule has 2 aromatic heterocycles. The number of nitrogens with zero attached hydrogens (tertiary/aromatic N) is 3. The van der Waals surface area contributed by atoms with Crippen LogP contribution in [0.5, 0.6) is 5.75 Å². The first-order chi connectivity index (χ1) is 16.0. The van der Waals surface area contributed by atoms with Crippen LogP contribution < -0.4 is 15.8 Å². The van der Waals surface area contributed by atoms with Gasteiger partial charge in [-0.15, -0.1) is 0 Å². The molecule has 8 heteroatoms. The zero-order valence-corrected chi connectivity index (χ0v) is 18.5. The summed E-state index contributed by atoms with van der Waals surface area (Å²) in [4.78, 5) is 35.9. The zero-order chi connectivity index (χ0) is 23.2. The summed E-state index contributed by atoms with van der Waals surface area (Å²) < 4.78 is 5.28. The fourth-order valence-corrected chi connectivity index (χ4v) is 4.04. The van der Waals surface area contributed by atoms with Gasteiger partial charge in [-0.05, 0) is 49.2 Å². The Morgan fingerprint density at radius 1 is 1.09 bits per heavy atom. The minimum absolute atomic E-state index is 0.0861. The number of carbonyl (C=O) groups is 2. The molecular weight excluding hydrogens is 418 g/mol. The van der Waals surface area contributed by atoms with Gasteiger partial charge in [-0.25, -0.2) is 4.98 Å². The number of likely N-dealkylation sites (tertiary alicyclic amines) is 1. The van der Waals surface area contributed by atoms with Crippen molar-refractivity contribution in [2.24, 2.45) is 0 Å². The number of hydrogen-bond donors (Lipinski definition) is 2. The van der Waals surface area contributed by atoms with Crippen LogP contribution in [0.15, 0.2) is 60.8 Å². The third-order valence-corrected chi connectivity index (χ3v) is 5.87. The molecule has 0 saturated carbocycles. The highest BCUT2D eigenvalue weighted by atomic mass is 16.5. The molecule has 3 N–H and O–H groups in total. The van der Waals surface area contributed by atoms with Gasteiger partial charge in [-0.1, -0.05) is 18.2 Å². The second-order valence-corrected chi connectivity index (χ2v) is 7.98. The standard InChI is InChI=1S/C25H27N5O3/c1-33-22-8-3-2-7-21(22)29-25(32)19-9-10-20(28-24(19)26)17-11-14-30(15-12-17)23(31)16-18-6-4-5-13-27-18/h2-10,13,17H,11-12,14-16H2,1H3,(H2,26,28)(H,29,32). The lowest BCUT2D eigenvalue weighted by Gasteiger charge is -2.32. The Morgan fingerprint density at radius 3 is 2.55 bits per heavy atom. The summed E-state index contributed by atoms with van der Waals surface area (Å²) in [5.74, 6) is 0.693. The van der Waals surface area contributed by atoms with Crippen molar-refractivity contribution in [3.05, 3.63) is 77.7 Å². The number of amides is 2. The lowest BCUT2D eigenvalue weighted by atomic mass is 9.92. The number of rotatable bonds is 6. The molecule has 0 bridgehead atoms. The van der Waals surface area contributed by atoms with Crippen molar-refractivity contribution in [2.75, 3.05) is 31.2 Å². The molecule has 0 spiro atoms. The van der Waals surface area contributed by atoms with E-state index in [-0.39, 0.29) is 23.6 Å². The van der Waals surface area contributed by atoms with Crippen molar-refractivity contribution in [2.45, 2.75) is 25.2 Å². The van der Waals surface area contributed by atoms with E-state index in [2.05, 4.69) is 15.3 Å². The number of para-hydroxylation sites is 2. The van der Waals surface area contributed by atoms with Crippen molar-refractivity contribution in [1.82, 2.24) is 14.9 Å². The maximum Gasteiger partial charge on any atom is 0.259 e. The van der Waals surface area contributed by atoms with Crippen molar-refractivity contribution in [3.8, 4) is 5.75 Å². The van der Waals surface area contributed by atoms with Crippen LogP contribution in [-0.4, -0.2) is 46.9 Å². The third kappa shape index (κ3) is 5.28. The Labute approximate surface area is 192 Å². The van der Waals surface area contributed by atoms with E-state index in [4.69, 9.17) is 10.5 Å². The normalized spacial score (nSPS) is 14.0. The van der Waals surface area contributed by atoms with Gasteiger partial charge in [0.15, 0.2) is 0 Å². The Kier molecular flexibility index (Phi) is 6.83. The smallest absolute Gasteiger partial charge is 0.259 e. The van der Waals surface area contributed by atoms with E-state index in [1.807, 2.05) is 41.3 Å². The summed E-state index contributed by atoms with van der Waals surface area (Å²) in [6, 6.07) is 16.3. The van der Waals surface area contributed by atoms with Gasteiger partial charge in [-0.2, -0.15) is 0 Å². The lowest BCUT2D eigenvalue weighted by molar-refractivity contribution is -0.131. The number of ether oxygens (including phenoxy) is 1. The lowest BCUT2D eigenvalue weighted by Crippen LogP contribution is -2.39. The van der Waals surface area contributed by atoms with E-state index < -0.39 is 0 Å². The van der Waals surface area contributed by atoms with E-state index in [0.29, 0.717) is 36.5 Å². The maximum atomic E-state index is 12.7. The number of anilines is 2. The summed E-state index contributed by atoms with van der Waals surface area (Å²) in [6.07, 6.45) is 3.61. The number of hydrogen-bond acceptors (Lipinski definition) is 6. The molecule has 4 rings (SSSR count). The van der Waals surface area contributed by atoms with Gasteiger partial charge in [0.2, 0.25) is 5.91 Å². The molecule has 3 heterocycles. The average molecular weight is 446 g/mol. The minimum atomic E-state index is -0.342. The van der Waals surface area contributed by atoms with Crippen LogP contribution in [0.2, 0.25) is 0 Å². The van der Waals surface area contributed by atoms with Gasteiger partial charge in [-0.3, -0.25) is 14.6 Å². The van der Waals surface area contributed by atoms with E-state index in [9.17, 15) is 9.59 Å². The summed E-state index contributed by atoms with van der Waals surface area (Å²) in [7, 11) is 1.55. The first kappa shape index (κ1) is 22.3. The molecule has 1 aliphatic heterocycles. The third-order valence-electron chi connectivity index (χ3n) is 5.87. The molecule has 1 fully saturated rings. The molecule has 0 atom stereocenters. The molecule has 8 nitrogen and oxygen atoms in total. The van der Waals surface area contributed by atoms with Crippen molar-refractivity contribution < 1.29 is 14.3 Å². The van der Waals surface area contributed by atoms with Crippen LogP contribution in [0.25, 0.3) is 0 Å². The molecule has 1 aromatic carbocycles. The van der Waals surface area contributed by atoms with Crippen molar-refractivity contribution >= 4 is 23.3 Å². The molecule has 0 aliphatic carbocycles. The van der Waals surface area contributed by atoms with Crippen LogP contribution in [0.3, 0.4) is 0 Å². The Morgan fingerprint density at radius 2 is 1.85 bits per heavy atom. The Bertz CT molecular complexity index is 1130. The highest BCUT2D eigenvalue weighted by Gasteiger charge is 2.25. The molecular formula is C25H27N5O3.